The molecule has 3 nitrogen and oxygen atoms in total. The fourth-order valence-corrected chi connectivity index (χ4v) is 2.57. The molecule has 2 atom stereocenters. The van der Waals surface area contributed by atoms with Crippen molar-refractivity contribution < 1.29 is 5.11 Å². The average Bonchev–Trinajstić information content (AvgIpc) is 2.76. The maximum atomic E-state index is 10.2. The number of aliphatic hydroxyl groups excluding tert-OH is 1. The molecule has 3 rings (SSSR count). The fraction of sp³-hybridized carbons (Fsp3) is 0.188. The third-order valence-corrected chi connectivity index (χ3v) is 3.54. The molecule has 0 saturated carbocycles. The Hall–Kier alpha value is -2.31. The van der Waals surface area contributed by atoms with Gasteiger partial charge in [-0.2, -0.15) is 5.26 Å². The minimum absolute atomic E-state index is 0.0795. The van der Waals surface area contributed by atoms with Gasteiger partial charge >= 0.3 is 0 Å². The van der Waals surface area contributed by atoms with E-state index in [1.165, 1.54) is 5.56 Å². The predicted octanol–water partition coefficient (Wildman–Crippen LogP) is 2.63. The summed E-state index contributed by atoms with van der Waals surface area (Å²) in [7, 11) is 0. The number of nitriles is 1. The Morgan fingerprint density at radius 1 is 1.11 bits per heavy atom. The second-order valence-corrected chi connectivity index (χ2v) is 4.78. The number of aliphatic hydroxyl groups is 1. The molecule has 2 aromatic carbocycles. The zero-order valence-electron chi connectivity index (χ0n) is 10.4. The summed E-state index contributed by atoms with van der Waals surface area (Å²) in [6.45, 7) is 0. The van der Waals surface area contributed by atoms with Crippen LogP contribution in [-0.2, 0) is 6.42 Å². The molecule has 0 bridgehead atoms. The third kappa shape index (κ3) is 2.18. The van der Waals surface area contributed by atoms with Crippen molar-refractivity contribution in [2.24, 2.45) is 0 Å². The van der Waals surface area contributed by atoms with Gasteiger partial charge in [0.05, 0.1) is 23.8 Å². The van der Waals surface area contributed by atoms with Crippen molar-refractivity contribution in [2.75, 3.05) is 5.32 Å². The van der Waals surface area contributed by atoms with E-state index >= 15 is 0 Å². The van der Waals surface area contributed by atoms with Crippen LogP contribution in [-0.4, -0.2) is 11.2 Å². The summed E-state index contributed by atoms with van der Waals surface area (Å²) in [4.78, 5) is 0. The molecule has 0 spiro atoms. The summed E-state index contributed by atoms with van der Waals surface area (Å²) < 4.78 is 0. The minimum atomic E-state index is -0.409. The van der Waals surface area contributed by atoms with Gasteiger partial charge in [-0.3, -0.25) is 0 Å². The molecule has 3 heteroatoms. The summed E-state index contributed by atoms with van der Waals surface area (Å²) in [5, 5.41) is 22.3. The van der Waals surface area contributed by atoms with Gasteiger partial charge in [0.1, 0.15) is 0 Å². The van der Waals surface area contributed by atoms with Gasteiger partial charge in [-0.15, -0.1) is 0 Å². The molecule has 0 amide bonds. The van der Waals surface area contributed by atoms with Gasteiger partial charge in [0, 0.05) is 12.1 Å². The summed E-state index contributed by atoms with van der Waals surface area (Å²) in [5.41, 5.74) is 3.90. The molecule has 0 fully saturated rings. The van der Waals surface area contributed by atoms with Gasteiger partial charge in [0.15, 0.2) is 0 Å². The second kappa shape index (κ2) is 4.75. The van der Waals surface area contributed by atoms with Crippen molar-refractivity contribution in [1.29, 1.82) is 5.26 Å². The molecule has 2 aromatic rings. The van der Waals surface area contributed by atoms with E-state index in [0.717, 1.165) is 11.3 Å². The molecule has 94 valence electrons. The van der Waals surface area contributed by atoms with Crippen molar-refractivity contribution >= 4 is 5.69 Å². The van der Waals surface area contributed by atoms with Gasteiger partial charge in [-0.05, 0) is 35.4 Å². The average molecular weight is 250 g/mol. The summed E-state index contributed by atoms with van der Waals surface area (Å²) in [6.07, 6.45) is 0.275. The number of rotatable bonds is 2. The third-order valence-electron chi connectivity index (χ3n) is 3.54. The molecule has 2 N–H and O–H groups in total. The highest BCUT2D eigenvalue weighted by Crippen LogP contribution is 2.33. The van der Waals surface area contributed by atoms with E-state index < -0.39 is 6.10 Å². The lowest BCUT2D eigenvalue weighted by molar-refractivity contribution is 0.166. The van der Waals surface area contributed by atoms with E-state index in [9.17, 15) is 5.11 Å². The van der Waals surface area contributed by atoms with Crippen LogP contribution in [0, 0.1) is 11.3 Å². The van der Waals surface area contributed by atoms with E-state index in [1.807, 2.05) is 30.3 Å². The quantitative estimate of drug-likeness (QED) is 0.861. The van der Waals surface area contributed by atoms with Crippen LogP contribution in [0.15, 0.2) is 48.5 Å². The summed E-state index contributed by atoms with van der Waals surface area (Å²) in [5.74, 6) is 0. The van der Waals surface area contributed by atoms with Crippen LogP contribution < -0.4 is 5.32 Å². The van der Waals surface area contributed by atoms with Crippen molar-refractivity contribution in [2.45, 2.75) is 18.6 Å². The van der Waals surface area contributed by atoms with E-state index in [4.69, 9.17) is 5.26 Å². The molecule has 0 unspecified atom stereocenters. The highest BCUT2D eigenvalue weighted by atomic mass is 16.3. The zero-order chi connectivity index (χ0) is 13.2. The van der Waals surface area contributed by atoms with E-state index in [0.29, 0.717) is 12.0 Å². The maximum Gasteiger partial charge on any atom is 0.0991 e. The van der Waals surface area contributed by atoms with Crippen molar-refractivity contribution in [3.05, 3.63) is 65.2 Å². The molecule has 1 aliphatic carbocycles. The van der Waals surface area contributed by atoms with Crippen LogP contribution in [0.2, 0.25) is 0 Å². The maximum absolute atomic E-state index is 10.2. The smallest absolute Gasteiger partial charge is 0.0991 e. The molecule has 0 saturated heterocycles. The zero-order valence-corrected chi connectivity index (χ0v) is 10.4. The molecule has 19 heavy (non-hydrogen) atoms. The van der Waals surface area contributed by atoms with Crippen LogP contribution in [0.3, 0.4) is 0 Å². The number of nitrogens with zero attached hydrogens (tertiary/aromatic N) is 1. The van der Waals surface area contributed by atoms with Crippen LogP contribution >= 0.6 is 0 Å². The number of benzene rings is 2. The van der Waals surface area contributed by atoms with Crippen LogP contribution in [0.25, 0.3) is 0 Å². The van der Waals surface area contributed by atoms with Gasteiger partial charge in [0.25, 0.3) is 0 Å². The lowest BCUT2D eigenvalue weighted by Crippen LogP contribution is -2.21. The highest BCUT2D eigenvalue weighted by molar-refractivity contribution is 5.51. The standard InChI is InChI=1S/C16H14N2O/c17-10-11-5-7-13(8-6-11)18-16-14-4-2-1-3-12(14)9-15(16)19/h1-8,15-16,18-19H,9H2/t15-,16+/m0/s1. The normalized spacial score (nSPS) is 20.6. The molecule has 0 radical (unpaired) electrons. The predicted molar refractivity (Wildman–Crippen MR) is 73.7 cm³/mol. The first-order valence-electron chi connectivity index (χ1n) is 6.30. The molecule has 0 aromatic heterocycles. The summed E-state index contributed by atoms with van der Waals surface area (Å²) in [6, 6.07) is 17.4. The van der Waals surface area contributed by atoms with Crippen LogP contribution in [0.4, 0.5) is 5.69 Å². The monoisotopic (exact) mass is 250 g/mol. The number of anilines is 1. The topological polar surface area (TPSA) is 56.0 Å². The Morgan fingerprint density at radius 2 is 1.84 bits per heavy atom. The van der Waals surface area contributed by atoms with Gasteiger partial charge < -0.3 is 10.4 Å². The largest absolute Gasteiger partial charge is 0.390 e. The van der Waals surface area contributed by atoms with Crippen LogP contribution in [0.5, 0.6) is 0 Å². The Labute approximate surface area is 112 Å². The van der Waals surface area contributed by atoms with Crippen LogP contribution in [0.1, 0.15) is 22.7 Å². The molecule has 0 aliphatic heterocycles. The number of hydrogen-bond donors (Lipinski definition) is 2. The molecular weight excluding hydrogens is 236 g/mol. The fourth-order valence-electron chi connectivity index (χ4n) is 2.57. The SMILES string of the molecule is N#Cc1ccc(N[C@@H]2c3ccccc3C[C@@H]2O)cc1. The number of nitrogens with one attached hydrogen (secondary N) is 1. The molecule has 0 heterocycles. The van der Waals surface area contributed by atoms with E-state index in [-0.39, 0.29) is 6.04 Å². The lowest BCUT2D eigenvalue weighted by atomic mass is 10.1. The van der Waals surface area contributed by atoms with Crippen molar-refractivity contribution in [1.82, 2.24) is 0 Å². The van der Waals surface area contributed by atoms with E-state index in [1.54, 1.807) is 12.1 Å². The highest BCUT2D eigenvalue weighted by Gasteiger charge is 2.30. The Balaban J connectivity index is 1.85. The Kier molecular flexibility index (Phi) is 2.94. The summed E-state index contributed by atoms with van der Waals surface area (Å²) >= 11 is 0. The van der Waals surface area contributed by atoms with Crippen molar-refractivity contribution in [3.63, 3.8) is 0 Å². The number of fused-ring (bicyclic) bond motifs is 1. The second-order valence-electron chi connectivity index (χ2n) is 4.78. The Morgan fingerprint density at radius 3 is 2.58 bits per heavy atom. The first-order valence-corrected chi connectivity index (χ1v) is 6.30. The van der Waals surface area contributed by atoms with Gasteiger partial charge in [-0.25, -0.2) is 0 Å². The first-order chi connectivity index (χ1) is 9.28. The van der Waals surface area contributed by atoms with Gasteiger partial charge in [-0.1, -0.05) is 24.3 Å². The first kappa shape index (κ1) is 11.8. The lowest BCUT2D eigenvalue weighted by Gasteiger charge is -2.19. The van der Waals surface area contributed by atoms with E-state index in [2.05, 4.69) is 17.5 Å². The number of hydrogen-bond acceptors (Lipinski definition) is 3. The Bertz CT molecular complexity index is 628. The van der Waals surface area contributed by atoms with Crippen molar-refractivity contribution in [3.8, 4) is 6.07 Å². The van der Waals surface area contributed by atoms with Gasteiger partial charge in [0.2, 0.25) is 0 Å². The molecule has 1 aliphatic rings. The minimum Gasteiger partial charge on any atom is -0.390 e. The molecular formula is C16H14N2O.